The van der Waals surface area contributed by atoms with E-state index in [-0.39, 0.29) is 15.8 Å². The SMILES string of the molecule is CC(C#N)CN(C)S(=O)(=O)c1cc([N+](=O)[O-])c(NN)s1. The number of nitrogens with one attached hydrogen (secondary N) is 1. The minimum Gasteiger partial charge on any atom is -0.310 e. The van der Waals surface area contributed by atoms with Crippen LogP contribution in [0.25, 0.3) is 0 Å². The van der Waals surface area contributed by atoms with Crippen LogP contribution in [0.5, 0.6) is 0 Å². The van der Waals surface area contributed by atoms with Gasteiger partial charge in [0.25, 0.3) is 10.0 Å². The van der Waals surface area contributed by atoms with Gasteiger partial charge in [0, 0.05) is 19.7 Å². The number of thiophene rings is 1. The molecule has 0 aliphatic heterocycles. The van der Waals surface area contributed by atoms with Crippen LogP contribution >= 0.6 is 11.3 Å². The van der Waals surface area contributed by atoms with E-state index in [1.165, 1.54) is 7.05 Å². The van der Waals surface area contributed by atoms with E-state index in [0.29, 0.717) is 11.3 Å². The maximum absolute atomic E-state index is 12.2. The molecule has 0 saturated heterocycles. The lowest BCUT2D eigenvalue weighted by molar-refractivity contribution is -0.383. The molecule has 110 valence electrons. The molecule has 0 aliphatic carbocycles. The van der Waals surface area contributed by atoms with Crippen LogP contribution in [0.2, 0.25) is 0 Å². The van der Waals surface area contributed by atoms with E-state index in [1.807, 2.05) is 6.07 Å². The van der Waals surface area contributed by atoms with Crippen molar-refractivity contribution in [3.05, 3.63) is 16.2 Å². The zero-order chi connectivity index (χ0) is 15.5. The average molecular weight is 319 g/mol. The molecule has 0 radical (unpaired) electrons. The van der Waals surface area contributed by atoms with E-state index >= 15 is 0 Å². The fraction of sp³-hybridized carbons (Fsp3) is 0.444. The van der Waals surface area contributed by atoms with Gasteiger partial charge in [0.15, 0.2) is 5.00 Å². The standard InChI is InChI=1S/C9H13N5O4S2/c1-6(4-10)5-13(2)20(17,18)8-3-7(14(15)16)9(12-11)19-8/h3,6,12H,5,11H2,1-2H3. The van der Waals surface area contributed by atoms with Gasteiger partial charge in [-0.2, -0.15) is 9.57 Å². The second kappa shape index (κ2) is 6.14. The molecule has 1 aromatic heterocycles. The van der Waals surface area contributed by atoms with Gasteiger partial charge in [-0.25, -0.2) is 14.3 Å². The topological polar surface area (TPSA) is 142 Å². The Morgan fingerprint density at radius 1 is 1.70 bits per heavy atom. The zero-order valence-corrected chi connectivity index (χ0v) is 12.4. The van der Waals surface area contributed by atoms with Gasteiger partial charge in [-0.15, -0.1) is 0 Å². The molecular formula is C9H13N5O4S2. The average Bonchev–Trinajstić information content (AvgIpc) is 2.83. The Bertz CT molecular complexity index is 648. The number of nitriles is 1. The summed E-state index contributed by atoms with van der Waals surface area (Å²) in [6, 6.07) is 2.87. The van der Waals surface area contributed by atoms with E-state index in [4.69, 9.17) is 11.1 Å². The first-order valence-electron chi connectivity index (χ1n) is 5.34. The minimum absolute atomic E-state index is 0.00405. The lowest BCUT2D eigenvalue weighted by Gasteiger charge is -2.16. The second-order valence-electron chi connectivity index (χ2n) is 4.00. The molecule has 0 fully saturated rings. The van der Waals surface area contributed by atoms with E-state index < -0.39 is 26.6 Å². The van der Waals surface area contributed by atoms with Gasteiger partial charge in [-0.05, 0) is 6.92 Å². The highest BCUT2D eigenvalue weighted by Crippen LogP contribution is 2.37. The summed E-state index contributed by atoms with van der Waals surface area (Å²) in [6.07, 6.45) is 0. The highest BCUT2D eigenvalue weighted by Gasteiger charge is 2.29. The maximum Gasteiger partial charge on any atom is 0.306 e. The van der Waals surface area contributed by atoms with Crippen LogP contribution < -0.4 is 11.3 Å². The highest BCUT2D eigenvalue weighted by molar-refractivity contribution is 7.91. The number of sulfonamides is 1. The molecular weight excluding hydrogens is 306 g/mol. The molecule has 0 amide bonds. The van der Waals surface area contributed by atoms with Crippen LogP contribution in [0.15, 0.2) is 10.3 Å². The van der Waals surface area contributed by atoms with Crippen molar-refractivity contribution in [3.8, 4) is 6.07 Å². The highest BCUT2D eigenvalue weighted by atomic mass is 32.2. The molecule has 11 heteroatoms. The number of hydrogen-bond acceptors (Lipinski definition) is 8. The van der Waals surface area contributed by atoms with Crippen molar-refractivity contribution in [1.82, 2.24) is 4.31 Å². The molecule has 1 unspecified atom stereocenters. The Balaban J connectivity index is 3.16. The van der Waals surface area contributed by atoms with E-state index in [1.54, 1.807) is 6.92 Å². The number of nitrogens with two attached hydrogens (primary N) is 1. The Morgan fingerprint density at radius 2 is 2.30 bits per heavy atom. The summed E-state index contributed by atoms with van der Waals surface area (Å²) < 4.78 is 25.2. The Hall–Kier alpha value is -1.74. The summed E-state index contributed by atoms with van der Waals surface area (Å²) >= 11 is 0.667. The first-order chi connectivity index (χ1) is 9.23. The molecule has 20 heavy (non-hydrogen) atoms. The largest absolute Gasteiger partial charge is 0.310 e. The molecule has 0 aliphatic rings. The lowest BCUT2D eigenvalue weighted by Crippen LogP contribution is -2.30. The zero-order valence-electron chi connectivity index (χ0n) is 10.7. The van der Waals surface area contributed by atoms with Gasteiger partial charge in [0.05, 0.1) is 16.9 Å². The fourth-order valence-electron chi connectivity index (χ4n) is 1.40. The number of nitrogens with zero attached hydrogens (tertiary/aromatic N) is 3. The molecule has 1 aromatic rings. The predicted molar refractivity (Wildman–Crippen MR) is 73.4 cm³/mol. The molecule has 0 bridgehead atoms. The van der Waals surface area contributed by atoms with Crippen molar-refractivity contribution < 1.29 is 13.3 Å². The third kappa shape index (κ3) is 3.23. The molecule has 9 nitrogen and oxygen atoms in total. The van der Waals surface area contributed by atoms with Gasteiger partial charge in [0.2, 0.25) is 0 Å². The van der Waals surface area contributed by atoms with Crippen molar-refractivity contribution in [1.29, 1.82) is 5.26 Å². The van der Waals surface area contributed by atoms with Gasteiger partial charge < -0.3 is 5.43 Å². The molecule has 1 atom stereocenters. The van der Waals surface area contributed by atoms with Crippen LogP contribution in [0.3, 0.4) is 0 Å². The first kappa shape index (κ1) is 16.3. The molecule has 0 spiro atoms. The van der Waals surface area contributed by atoms with Crippen molar-refractivity contribution in [2.24, 2.45) is 11.8 Å². The monoisotopic (exact) mass is 319 g/mol. The van der Waals surface area contributed by atoms with Crippen LogP contribution in [0.4, 0.5) is 10.7 Å². The van der Waals surface area contributed by atoms with Gasteiger partial charge in [-0.3, -0.25) is 10.1 Å². The van der Waals surface area contributed by atoms with E-state index in [9.17, 15) is 18.5 Å². The summed E-state index contributed by atoms with van der Waals surface area (Å²) in [5.74, 6) is 4.64. The number of hydrazine groups is 1. The first-order valence-corrected chi connectivity index (χ1v) is 7.60. The number of anilines is 1. The van der Waals surface area contributed by atoms with E-state index in [2.05, 4.69) is 5.43 Å². The number of hydrogen-bond donors (Lipinski definition) is 2. The van der Waals surface area contributed by atoms with Crippen molar-refractivity contribution >= 4 is 32.0 Å². The maximum atomic E-state index is 12.2. The van der Waals surface area contributed by atoms with Crippen LogP contribution in [0.1, 0.15) is 6.92 Å². The third-order valence-electron chi connectivity index (χ3n) is 2.43. The van der Waals surface area contributed by atoms with Crippen molar-refractivity contribution in [2.75, 3.05) is 19.0 Å². The molecule has 1 rings (SSSR count). The predicted octanol–water partition coefficient (Wildman–Crippen LogP) is 0.722. The molecule has 0 saturated carbocycles. The van der Waals surface area contributed by atoms with E-state index in [0.717, 1.165) is 10.4 Å². The number of nitro groups is 1. The lowest BCUT2D eigenvalue weighted by atomic mass is 10.2. The van der Waals surface area contributed by atoms with Crippen molar-refractivity contribution in [3.63, 3.8) is 0 Å². The summed E-state index contributed by atoms with van der Waals surface area (Å²) in [5.41, 5.74) is 1.70. The summed E-state index contributed by atoms with van der Waals surface area (Å²) in [4.78, 5) is 10.1. The smallest absolute Gasteiger partial charge is 0.306 e. The Labute approximate surface area is 119 Å². The summed E-state index contributed by atoms with van der Waals surface area (Å²) in [5, 5.41) is 19.4. The molecule has 3 N–H and O–H groups in total. The van der Waals surface area contributed by atoms with Gasteiger partial charge in [0.1, 0.15) is 4.21 Å². The Morgan fingerprint density at radius 3 is 2.70 bits per heavy atom. The quantitative estimate of drug-likeness (QED) is 0.447. The number of nitrogen functional groups attached to an aromatic ring is 1. The summed E-state index contributed by atoms with van der Waals surface area (Å²) in [7, 11) is -2.58. The second-order valence-corrected chi connectivity index (χ2v) is 7.32. The van der Waals surface area contributed by atoms with Crippen LogP contribution in [-0.2, 0) is 10.0 Å². The van der Waals surface area contributed by atoms with Crippen LogP contribution in [-0.4, -0.2) is 31.2 Å². The summed E-state index contributed by atoms with van der Waals surface area (Å²) in [6.45, 7) is 1.58. The normalized spacial score (nSPS) is 12.9. The van der Waals surface area contributed by atoms with Gasteiger partial charge in [-0.1, -0.05) is 11.3 Å². The Kier molecular flexibility index (Phi) is 5.01. The minimum atomic E-state index is -3.89. The van der Waals surface area contributed by atoms with Crippen LogP contribution in [0, 0.1) is 27.4 Å². The fourth-order valence-corrected chi connectivity index (χ4v) is 4.11. The van der Waals surface area contributed by atoms with Gasteiger partial charge >= 0.3 is 5.69 Å². The molecule has 1 heterocycles. The van der Waals surface area contributed by atoms with Crippen molar-refractivity contribution in [2.45, 2.75) is 11.1 Å². The molecule has 0 aromatic carbocycles. The number of rotatable bonds is 6. The third-order valence-corrected chi connectivity index (χ3v) is 5.76.